The lowest BCUT2D eigenvalue weighted by atomic mass is 9.75. The fraction of sp³-hybridized carbons (Fsp3) is 0.0952. The number of hydrogen-bond donors (Lipinski definition) is 1. The Hall–Kier alpha value is -3.30. The van der Waals surface area contributed by atoms with Crippen molar-refractivity contribution in [1.82, 2.24) is 0 Å². The lowest BCUT2D eigenvalue weighted by Gasteiger charge is -2.30. The summed E-state index contributed by atoms with van der Waals surface area (Å²) in [6, 6.07) is 16.1. The summed E-state index contributed by atoms with van der Waals surface area (Å²) in [4.78, 5) is 27.2. The van der Waals surface area contributed by atoms with Crippen LogP contribution in [0.25, 0.3) is 0 Å². The topological polar surface area (TPSA) is 93.2 Å². The van der Waals surface area contributed by atoms with E-state index in [-0.39, 0.29) is 34.1 Å². The molecule has 2 N–H and O–H groups in total. The molecular formula is C21H14N2O3S. The number of ketones is 2. The molecule has 0 aromatic heterocycles. The standard InChI is InChI=1S/C21H14N2O3S/c1-27-12-8-6-11(7-9-12)16-15(10-22)21(23)26-20-17(16)18(24)13-4-2-3-5-14(13)19(20)25/h2-9,16H,23H2,1H3. The molecule has 0 spiro atoms. The highest BCUT2D eigenvalue weighted by Gasteiger charge is 2.43. The first-order valence-corrected chi connectivity index (χ1v) is 9.43. The van der Waals surface area contributed by atoms with Gasteiger partial charge in [-0.15, -0.1) is 11.8 Å². The molecule has 132 valence electrons. The molecule has 0 saturated heterocycles. The number of carbonyl (C=O) groups is 2. The normalized spacial score (nSPS) is 18.6. The van der Waals surface area contributed by atoms with Gasteiger partial charge in [-0.25, -0.2) is 0 Å². The number of allylic oxidation sites excluding steroid dienone is 3. The Morgan fingerprint density at radius 1 is 1.04 bits per heavy atom. The predicted octanol–water partition coefficient (Wildman–Crippen LogP) is 3.55. The molecule has 6 heteroatoms. The Kier molecular flexibility index (Phi) is 4.09. The Balaban J connectivity index is 1.94. The van der Waals surface area contributed by atoms with Crippen molar-refractivity contribution < 1.29 is 14.3 Å². The van der Waals surface area contributed by atoms with Crippen LogP contribution in [-0.4, -0.2) is 17.8 Å². The highest BCUT2D eigenvalue weighted by atomic mass is 32.2. The molecular weight excluding hydrogens is 360 g/mol. The van der Waals surface area contributed by atoms with E-state index < -0.39 is 11.7 Å². The first kappa shape index (κ1) is 17.1. The minimum absolute atomic E-state index is 0.0888. The molecule has 27 heavy (non-hydrogen) atoms. The molecule has 1 unspecified atom stereocenters. The second-order valence-corrected chi connectivity index (χ2v) is 7.02. The molecule has 0 bridgehead atoms. The number of fused-ring (bicyclic) bond motifs is 1. The van der Waals surface area contributed by atoms with E-state index >= 15 is 0 Å². The highest BCUT2D eigenvalue weighted by Crippen LogP contribution is 2.44. The number of nitrogens with zero attached hydrogens (tertiary/aromatic N) is 1. The molecule has 4 rings (SSSR count). The predicted molar refractivity (Wildman–Crippen MR) is 101 cm³/mol. The van der Waals surface area contributed by atoms with Crippen LogP contribution in [0.2, 0.25) is 0 Å². The van der Waals surface area contributed by atoms with Crippen molar-refractivity contribution in [3.8, 4) is 6.07 Å². The van der Waals surface area contributed by atoms with Crippen LogP contribution in [0.4, 0.5) is 0 Å². The minimum Gasteiger partial charge on any atom is -0.436 e. The van der Waals surface area contributed by atoms with Gasteiger partial charge in [0.05, 0.1) is 11.5 Å². The number of ether oxygens (including phenoxy) is 1. The zero-order valence-corrected chi connectivity index (χ0v) is 15.2. The maximum atomic E-state index is 13.2. The van der Waals surface area contributed by atoms with Crippen molar-refractivity contribution in [1.29, 1.82) is 5.26 Å². The van der Waals surface area contributed by atoms with E-state index in [2.05, 4.69) is 0 Å². The summed E-state index contributed by atoms with van der Waals surface area (Å²) >= 11 is 1.59. The lowest BCUT2D eigenvalue weighted by Crippen LogP contribution is -2.32. The van der Waals surface area contributed by atoms with E-state index in [1.165, 1.54) is 0 Å². The number of benzene rings is 2. The van der Waals surface area contributed by atoms with Crippen LogP contribution in [0.1, 0.15) is 32.2 Å². The summed E-state index contributed by atoms with van der Waals surface area (Å²) in [6.07, 6.45) is 1.96. The molecule has 2 aromatic carbocycles. The van der Waals surface area contributed by atoms with E-state index in [1.807, 2.05) is 36.6 Å². The Morgan fingerprint density at radius 3 is 2.26 bits per heavy atom. The summed E-state index contributed by atoms with van der Waals surface area (Å²) in [5, 5.41) is 9.64. The van der Waals surface area contributed by atoms with Crippen LogP contribution in [0, 0.1) is 11.3 Å². The zero-order chi connectivity index (χ0) is 19.1. The highest BCUT2D eigenvalue weighted by molar-refractivity contribution is 7.98. The summed E-state index contributed by atoms with van der Waals surface area (Å²) in [5.74, 6) is -1.69. The van der Waals surface area contributed by atoms with Gasteiger partial charge in [-0.2, -0.15) is 5.26 Å². The monoisotopic (exact) mass is 374 g/mol. The summed E-state index contributed by atoms with van der Waals surface area (Å²) in [6.45, 7) is 0. The van der Waals surface area contributed by atoms with E-state index in [1.54, 1.807) is 36.0 Å². The summed E-state index contributed by atoms with van der Waals surface area (Å²) in [7, 11) is 0. The van der Waals surface area contributed by atoms with Gasteiger partial charge in [-0.1, -0.05) is 36.4 Å². The van der Waals surface area contributed by atoms with Gasteiger partial charge in [-0.05, 0) is 24.0 Å². The van der Waals surface area contributed by atoms with Crippen LogP contribution < -0.4 is 5.73 Å². The Bertz CT molecular complexity index is 1090. The first-order chi connectivity index (χ1) is 13.1. The Labute approximate surface area is 160 Å². The lowest BCUT2D eigenvalue weighted by molar-refractivity contribution is 0.0897. The van der Waals surface area contributed by atoms with E-state index in [0.29, 0.717) is 11.1 Å². The Morgan fingerprint density at radius 2 is 1.67 bits per heavy atom. The molecule has 1 aliphatic carbocycles. The van der Waals surface area contributed by atoms with Crippen molar-refractivity contribution in [2.45, 2.75) is 10.8 Å². The average molecular weight is 374 g/mol. The van der Waals surface area contributed by atoms with Crippen molar-refractivity contribution in [2.75, 3.05) is 6.26 Å². The van der Waals surface area contributed by atoms with Gasteiger partial charge in [0.15, 0.2) is 11.5 Å². The van der Waals surface area contributed by atoms with E-state index in [4.69, 9.17) is 10.5 Å². The molecule has 5 nitrogen and oxygen atoms in total. The molecule has 0 radical (unpaired) electrons. The van der Waals surface area contributed by atoms with Crippen LogP contribution in [0.3, 0.4) is 0 Å². The fourth-order valence-corrected chi connectivity index (χ4v) is 3.84. The quantitative estimate of drug-likeness (QED) is 0.808. The van der Waals surface area contributed by atoms with Gasteiger partial charge in [0.1, 0.15) is 11.6 Å². The average Bonchev–Trinajstić information content (AvgIpc) is 2.71. The molecule has 0 fully saturated rings. The second kappa shape index (κ2) is 6.45. The number of nitriles is 1. The van der Waals surface area contributed by atoms with Crippen molar-refractivity contribution in [2.24, 2.45) is 5.73 Å². The van der Waals surface area contributed by atoms with Gasteiger partial charge in [0, 0.05) is 16.0 Å². The summed E-state index contributed by atoms with van der Waals surface area (Å²) in [5.41, 5.74) is 7.55. The van der Waals surface area contributed by atoms with Gasteiger partial charge in [0.25, 0.3) is 0 Å². The number of nitrogens with two attached hydrogens (primary N) is 1. The smallest absolute Gasteiger partial charge is 0.229 e. The number of carbonyl (C=O) groups excluding carboxylic acids is 2. The molecule has 2 aliphatic rings. The molecule has 1 aliphatic heterocycles. The largest absolute Gasteiger partial charge is 0.436 e. The van der Waals surface area contributed by atoms with Gasteiger partial charge in [0.2, 0.25) is 11.7 Å². The zero-order valence-electron chi connectivity index (χ0n) is 14.4. The maximum absolute atomic E-state index is 13.2. The third kappa shape index (κ3) is 2.56. The SMILES string of the molecule is CSc1ccc(C2C(C#N)=C(N)OC3=C2C(=O)c2ccccc2C3=O)cc1. The van der Waals surface area contributed by atoms with Crippen molar-refractivity contribution in [3.05, 3.63) is 88.0 Å². The van der Waals surface area contributed by atoms with Crippen LogP contribution in [-0.2, 0) is 4.74 Å². The van der Waals surface area contributed by atoms with Crippen molar-refractivity contribution >= 4 is 23.3 Å². The molecule has 0 amide bonds. The number of Topliss-reactive ketones (excluding diaryl/α,β-unsaturated/α-hetero) is 2. The molecule has 1 atom stereocenters. The third-order valence-electron chi connectivity index (χ3n) is 4.74. The maximum Gasteiger partial charge on any atom is 0.229 e. The number of thioether (sulfide) groups is 1. The van der Waals surface area contributed by atoms with Crippen LogP contribution in [0.15, 0.2) is 76.2 Å². The molecule has 2 aromatic rings. The number of hydrogen-bond acceptors (Lipinski definition) is 6. The van der Waals surface area contributed by atoms with E-state index in [0.717, 1.165) is 4.90 Å². The second-order valence-electron chi connectivity index (χ2n) is 6.14. The summed E-state index contributed by atoms with van der Waals surface area (Å²) < 4.78 is 5.47. The molecule has 0 saturated carbocycles. The van der Waals surface area contributed by atoms with Gasteiger partial charge in [-0.3, -0.25) is 9.59 Å². The van der Waals surface area contributed by atoms with Gasteiger partial charge < -0.3 is 10.5 Å². The first-order valence-electron chi connectivity index (χ1n) is 8.21. The van der Waals surface area contributed by atoms with Crippen LogP contribution >= 0.6 is 11.8 Å². The van der Waals surface area contributed by atoms with Crippen LogP contribution in [0.5, 0.6) is 0 Å². The third-order valence-corrected chi connectivity index (χ3v) is 5.48. The van der Waals surface area contributed by atoms with Gasteiger partial charge >= 0.3 is 0 Å². The fourth-order valence-electron chi connectivity index (χ4n) is 3.44. The minimum atomic E-state index is -0.737. The van der Waals surface area contributed by atoms with Crippen molar-refractivity contribution in [3.63, 3.8) is 0 Å². The number of rotatable bonds is 2. The van der Waals surface area contributed by atoms with E-state index in [9.17, 15) is 14.9 Å². The molecule has 1 heterocycles.